The fraction of sp³-hybridized carbons (Fsp3) is 0.579. The lowest BCUT2D eigenvalue weighted by atomic mass is 9.79. The van der Waals surface area contributed by atoms with Crippen molar-refractivity contribution in [1.82, 2.24) is 10.2 Å². The summed E-state index contributed by atoms with van der Waals surface area (Å²) < 4.78 is 14.7. The summed E-state index contributed by atoms with van der Waals surface area (Å²) in [6, 6.07) is 7.01. The van der Waals surface area contributed by atoms with Crippen LogP contribution in [0.2, 0.25) is 0 Å². The summed E-state index contributed by atoms with van der Waals surface area (Å²) in [5, 5.41) is 65.9. The van der Waals surface area contributed by atoms with Gasteiger partial charge in [0.2, 0.25) is 0 Å². The van der Waals surface area contributed by atoms with Gasteiger partial charge in [-0.15, -0.1) is 0 Å². The van der Waals surface area contributed by atoms with Gasteiger partial charge >= 0.3 is 23.9 Å². The number of esters is 3. The largest absolute Gasteiger partial charge is 0.463 e. The van der Waals surface area contributed by atoms with E-state index in [1.54, 1.807) is 19.9 Å². The van der Waals surface area contributed by atoms with Gasteiger partial charge in [-0.2, -0.15) is 0 Å². The SMILES string of the molecule is C=C(C)C(=O)OCCNC(=O)N(CCO)CCO.C=CC(=O)OCCCC(OO)C(CC)(CO)CO.C=Cc1ccc(COC(=O)C(CC)(CO)CO)cc1. The first-order valence-electron chi connectivity index (χ1n) is 17.7. The average molecular weight is 787 g/mol. The summed E-state index contributed by atoms with van der Waals surface area (Å²) in [6.07, 6.45) is 3.68. The van der Waals surface area contributed by atoms with Crippen molar-refractivity contribution in [2.75, 3.05) is 72.5 Å². The van der Waals surface area contributed by atoms with Crippen molar-refractivity contribution in [2.24, 2.45) is 10.8 Å². The molecular weight excluding hydrogens is 724 g/mol. The van der Waals surface area contributed by atoms with Crippen LogP contribution in [-0.4, -0.2) is 143 Å². The average Bonchev–Trinajstić information content (AvgIpc) is 3.21. The van der Waals surface area contributed by atoms with Crippen molar-refractivity contribution in [1.29, 1.82) is 0 Å². The number of hydrogen-bond donors (Lipinski definition) is 8. The second kappa shape index (κ2) is 31.1. The van der Waals surface area contributed by atoms with Crippen molar-refractivity contribution >= 4 is 30.0 Å². The van der Waals surface area contributed by atoms with Crippen LogP contribution in [0.25, 0.3) is 6.08 Å². The number of benzene rings is 1. The fourth-order valence-electron chi connectivity index (χ4n) is 4.37. The van der Waals surface area contributed by atoms with Gasteiger partial charge in [0.25, 0.3) is 0 Å². The second-order valence-corrected chi connectivity index (χ2v) is 12.2. The molecule has 0 saturated heterocycles. The number of ether oxygens (including phenoxy) is 3. The normalized spacial score (nSPS) is 11.3. The van der Waals surface area contributed by atoms with E-state index in [0.29, 0.717) is 31.3 Å². The van der Waals surface area contributed by atoms with Gasteiger partial charge in [-0.3, -0.25) is 10.1 Å². The number of aliphatic hydroxyl groups excluding tert-OH is 6. The summed E-state index contributed by atoms with van der Waals surface area (Å²) in [6.45, 7) is 14.4. The number of carbonyl (C=O) groups excluding carboxylic acids is 4. The third-order valence-electron chi connectivity index (χ3n) is 8.45. The van der Waals surface area contributed by atoms with Crippen molar-refractivity contribution in [3.63, 3.8) is 0 Å². The maximum atomic E-state index is 11.9. The lowest BCUT2D eigenvalue weighted by molar-refractivity contribution is -0.313. The molecule has 0 aromatic heterocycles. The molecular formula is C38H62N2O15. The Hall–Kier alpha value is -4.20. The summed E-state index contributed by atoms with van der Waals surface area (Å²) in [5.41, 5.74) is 0.0326. The zero-order valence-corrected chi connectivity index (χ0v) is 32.3. The lowest BCUT2D eigenvalue weighted by Crippen LogP contribution is -2.44. The highest BCUT2D eigenvalue weighted by Gasteiger charge is 2.38. The molecule has 1 aromatic rings. The summed E-state index contributed by atoms with van der Waals surface area (Å²) in [4.78, 5) is 50.8. The number of amides is 2. The van der Waals surface area contributed by atoms with E-state index in [1.807, 2.05) is 24.3 Å². The molecule has 1 aromatic carbocycles. The molecule has 0 aliphatic heterocycles. The molecule has 2 amide bonds. The molecule has 1 rings (SSSR count). The molecule has 0 bridgehead atoms. The maximum Gasteiger partial charge on any atom is 0.333 e. The molecule has 0 radical (unpaired) electrons. The van der Waals surface area contributed by atoms with Crippen LogP contribution in [0, 0.1) is 10.8 Å². The Kier molecular flexibility index (Phi) is 29.9. The van der Waals surface area contributed by atoms with Crippen LogP contribution in [0.3, 0.4) is 0 Å². The Balaban J connectivity index is 0. The number of nitrogens with one attached hydrogen (secondary N) is 1. The molecule has 1 atom stereocenters. The number of nitrogens with zero attached hydrogens (tertiary/aromatic N) is 1. The molecule has 0 fully saturated rings. The van der Waals surface area contributed by atoms with E-state index in [0.717, 1.165) is 17.2 Å². The van der Waals surface area contributed by atoms with E-state index >= 15 is 0 Å². The molecule has 0 aliphatic carbocycles. The van der Waals surface area contributed by atoms with E-state index < -0.39 is 54.1 Å². The topological polar surface area (TPSA) is 262 Å². The summed E-state index contributed by atoms with van der Waals surface area (Å²) in [5.74, 6) is -1.60. The molecule has 17 heteroatoms. The minimum absolute atomic E-state index is 0.0452. The van der Waals surface area contributed by atoms with Gasteiger partial charge in [-0.05, 0) is 43.7 Å². The van der Waals surface area contributed by atoms with Gasteiger partial charge in [0.05, 0.1) is 52.8 Å². The van der Waals surface area contributed by atoms with Crippen molar-refractivity contribution in [3.8, 4) is 0 Å². The Morgan fingerprint density at radius 1 is 0.855 bits per heavy atom. The molecule has 0 spiro atoms. The first-order chi connectivity index (χ1) is 26.2. The van der Waals surface area contributed by atoms with Gasteiger partial charge in [-0.1, -0.05) is 63.9 Å². The first-order valence-corrected chi connectivity index (χ1v) is 17.7. The molecule has 8 N–H and O–H groups in total. The molecule has 314 valence electrons. The maximum absolute atomic E-state index is 11.9. The van der Waals surface area contributed by atoms with Gasteiger partial charge in [0.1, 0.15) is 24.7 Å². The van der Waals surface area contributed by atoms with Crippen LogP contribution in [0.5, 0.6) is 0 Å². The van der Waals surface area contributed by atoms with E-state index in [2.05, 4.69) is 29.9 Å². The molecule has 1 unspecified atom stereocenters. The number of aliphatic hydroxyl groups is 6. The minimum atomic E-state index is -1.21. The standard InChI is InChI=1S/C15H20O4.C12H22O6.C11H20N2O5/c1-3-12-5-7-13(8-6-12)9-19-14(18)15(4-2,10-16)11-17;1-3-11(15)17-7-5-6-10(18-16)12(4-2,8-13)9-14;1-9(2)10(16)18-8-3-12-11(17)13(4-6-14)5-7-15/h3,5-8,16-17H,1,4,9-11H2,2H3;3,10,13-14,16H,1,4-9H2,2H3;14-15H,1,3-8H2,2H3,(H,12,17). The third kappa shape index (κ3) is 20.3. The van der Waals surface area contributed by atoms with Gasteiger partial charge in [0, 0.05) is 30.2 Å². The Bertz CT molecular complexity index is 1240. The van der Waals surface area contributed by atoms with Crippen LogP contribution in [-0.2, 0) is 40.1 Å². The van der Waals surface area contributed by atoms with Crippen LogP contribution in [0.4, 0.5) is 4.79 Å². The van der Waals surface area contributed by atoms with Crippen molar-refractivity contribution < 1.29 is 74.2 Å². The van der Waals surface area contributed by atoms with Crippen LogP contribution in [0.15, 0.2) is 55.7 Å². The number of hydrogen-bond acceptors (Lipinski definition) is 15. The first kappa shape index (κ1) is 52.9. The molecule has 0 aliphatic rings. The highest BCUT2D eigenvalue weighted by Crippen LogP contribution is 2.30. The van der Waals surface area contributed by atoms with Gasteiger partial charge in [0.15, 0.2) is 0 Å². The molecule has 17 nitrogen and oxygen atoms in total. The number of rotatable bonds is 25. The molecule has 0 heterocycles. The Morgan fingerprint density at radius 3 is 1.85 bits per heavy atom. The van der Waals surface area contributed by atoms with Gasteiger partial charge < -0.3 is 55.1 Å². The highest BCUT2D eigenvalue weighted by atomic mass is 17.1. The zero-order valence-electron chi connectivity index (χ0n) is 32.3. The van der Waals surface area contributed by atoms with E-state index in [9.17, 15) is 39.6 Å². The monoisotopic (exact) mass is 786 g/mol. The van der Waals surface area contributed by atoms with E-state index in [-0.39, 0.29) is 65.9 Å². The fourth-order valence-corrected chi connectivity index (χ4v) is 4.37. The molecule has 55 heavy (non-hydrogen) atoms. The highest BCUT2D eigenvalue weighted by molar-refractivity contribution is 5.87. The Labute approximate surface area is 323 Å². The molecule has 0 saturated carbocycles. The van der Waals surface area contributed by atoms with Gasteiger partial charge in [-0.25, -0.2) is 19.3 Å². The van der Waals surface area contributed by atoms with E-state index in [1.165, 1.54) is 11.8 Å². The Morgan fingerprint density at radius 2 is 1.44 bits per heavy atom. The third-order valence-corrected chi connectivity index (χ3v) is 8.45. The number of carbonyl (C=O) groups is 4. The summed E-state index contributed by atoms with van der Waals surface area (Å²) in [7, 11) is 0. The second-order valence-electron chi connectivity index (χ2n) is 12.2. The van der Waals surface area contributed by atoms with E-state index in [4.69, 9.17) is 29.7 Å². The summed E-state index contributed by atoms with van der Waals surface area (Å²) >= 11 is 0. The zero-order chi connectivity index (χ0) is 42.3. The smallest absolute Gasteiger partial charge is 0.333 e. The van der Waals surface area contributed by atoms with Crippen molar-refractivity contribution in [2.45, 2.75) is 59.2 Å². The predicted molar refractivity (Wildman–Crippen MR) is 203 cm³/mol. The van der Waals surface area contributed by atoms with Crippen molar-refractivity contribution in [3.05, 3.63) is 66.8 Å². The predicted octanol–water partition coefficient (Wildman–Crippen LogP) is 1.59. The van der Waals surface area contributed by atoms with Crippen LogP contribution in [0.1, 0.15) is 57.6 Å². The van der Waals surface area contributed by atoms with Crippen LogP contribution >= 0.6 is 0 Å². The van der Waals surface area contributed by atoms with Crippen LogP contribution < -0.4 is 5.32 Å². The number of urea groups is 1. The quantitative estimate of drug-likeness (QED) is 0.0175. The lowest BCUT2D eigenvalue weighted by Gasteiger charge is -2.34. The minimum Gasteiger partial charge on any atom is -0.463 e.